The van der Waals surface area contributed by atoms with Crippen LogP contribution in [0.4, 0.5) is 0 Å². The van der Waals surface area contributed by atoms with Crippen LogP contribution in [0.5, 0.6) is 0 Å². The summed E-state index contributed by atoms with van der Waals surface area (Å²) in [6.45, 7) is 2.25. The van der Waals surface area contributed by atoms with Crippen molar-refractivity contribution in [3.05, 3.63) is 0 Å². The molecule has 1 unspecified atom stereocenters. The number of hydrogen-bond acceptors (Lipinski definition) is 1. The molecule has 0 aliphatic rings. The lowest BCUT2D eigenvalue weighted by molar-refractivity contribution is -0.136. The average molecular weight is 291 g/mol. The molecule has 0 radical (unpaired) electrons. The van der Waals surface area contributed by atoms with Gasteiger partial charge in [-0.1, -0.05) is 84.0 Å². The van der Waals surface area contributed by atoms with Crippen molar-refractivity contribution in [3.63, 3.8) is 0 Å². The van der Waals surface area contributed by atoms with Crippen LogP contribution >= 0.6 is 11.6 Å². The average Bonchev–Trinajstić information content (AvgIpc) is 2.39. The van der Waals surface area contributed by atoms with E-state index >= 15 is 0 Å². The van der Waals surface area contributed by atoms with Crippen LogP contribution in [0.1, 0.15) is 90.4 Å². The van der Waals surface area contributed by atoms with Crippen LogP contribution in [0.15, 0.2) is 0 Å². The van der Waals surface area contributed by atoms with E-state index in [4.69, 9.17) is 16.7 Å². The zero-order valence-corrected chi connectivity index (χ0v) is 13.3. The predicted molar refractivity (Wildman–Crippen MR) is 83.0 cm³/mol. The Morgan fingerprint density at radius 2 is 1.21 bits per heavy atom. The number of carboxylic acids is 1. The van der Waals surface area contributed by atoms with Gasteiger partial charge < -0.3 is 5.11 Å². The first-order valence-electron chi connectivity index (χ1n) is 8.05. The molecule has 114 valence electrons. The van der Waals surface area contributed by atoms with Gasteiger partial charge >= 0.3 is 5.97 Å². The lowest BCUT2D eigenvalue weighted by Crippen LogP contribution is -2.12. The van der Waals surface area contributed by atoms with Gasteiger partial charge in [0.15, 0.2) is 0 Å². The molecular weight excluding hydrogens is 260 g/mol. The minimum Gasteiger partial charge on any atom is -0.480 e. The molecule has 0 fully saturated rings. The van der Waals surface area contributed by atoms with E-state index in [1.807, 2.05) is 0 Å². The van der Waals surface area contributed by atoms with Gasteiger partial charge in [-0.15, -0.1) is 11.6 Å². The molecule has 0 aromatic carbocycles. The number of halogens is 1. The number of unbranched alkanes of at least 4 members (excludes halogenated alkanes) is 11. The molecule has 0 aliphatic heterocycles. The summed E-state index contributed by atoms with van der Waals surface area (Å²) in [6.07, 6.45) is 16.2. The molecule has 0 saturated carbocycles. The van der Waals surface area contributed by atoms with Crippen molar-refractivity contribution in [2.75, 3.05) is 0 Å². The molecule has 0 aromatic rings. The lowest BCUT2D eigenvalue weighted by Gasteiger charge is -2.04. The summed E-state index contributed by atoms with van der Waals surface area (Å²) in [5.41, 5.74) is 0. The minimum atomic E-state index is -0.885. The smallest absolute Gasteiger partial charge is 0.321 e. The van der Waals surface area contributed by atoms with Crippen LogP contribution < -0.4 is 0 Å². The number of alkyl halides is 1. The summed E-state index contributed by atoms with van der Waals surface area (Å²) < 4.78 is 0. The van der Waals surface area contributed by atoms with Gasteiger partial charge in [0.2, 0.25) is 0 Å². The van der Waals surface area contributed by atoms with Gasteiger partial charge in [0.25, 0.3) is 0 Å². The van der Waals surface area contributed by atoms with E-state index in [0.29, 0.717) is 6.42 Å². The highest BCUT2D eigenvalue weighted by Gasteiger charge is 2.11. The Labute approximate surface area is 123 Å². The van der Waals surface area contributed by atoms with E-state index in [9.17, 15) is 4.79 Å². The standard InChI is InChI=1S/C16H31ClO2/c1-2-3-4-5-6-7-8-9-10-11-12-13-14-15(17)16(18)19/h15H,2-14H2,1H3,(H,18,19). The second kappa shape index (κ2) is 14.2. The van der Waals surface area contributed by atoms with Gasteiger partial charge in [0, 0.05) is 0 Å². The fourth-order valence-corrected chi connectivity index (χ4v) is 2.44. The highest BCUT2D eigenvalue weighted by Crippen LogP contribution is 2.14. The Balaban J connectivity index is 3.05. The normalized spacial score (nSPS) is 12.5. The molecule has 0 amide bonds. The highest BCUT2D eigenvalue weighted by atomic mass is 35.5. The first-order chi connectivity index (χ1) is 9.18. The summed E-state index contributed by atoms with van der Waals surface area (Å²) in [6, 6.07) is 0. The predicted octanol–water partition coefficient (Wildman–Crippen LogP) is 5.77. The quantitative estimate of drug-likeness (QED) is 0.326. The van der Waals surface area contributed by atoms with E-state index in [0.717, 1.165) is 12.8 Å². The Hall–Kier alpha value is -0.240. The molecule has 1 atom stereocenters. The maximum Gasteiger partial charge on any atom is 0.321 e. The maximum atomic E-state index is 10.5. The van der Waals surface area contributed by atoms with Crippen molar-refractivity contribution in [1.82, 2.24) is 0 Å². The zero-order valence-electron chi connectivity index (χ0n) is 12.5. The third kappa shape index (κ3) is 14.0. The molecule has 0 saturated heterocycles. The van der Waals surface area contributed by atoms with Gasteiger partial charge in [-0.3, -0.25) is 4.79 Å². The molecule has 0 aliphatic carbocycles. The Bertz CT molecular complexity index is 207. The molecule has 0 bridgehead atoms. The second-order valence-corrected chi connectivity index (χ2v) is 6.01. The van der Waals surface area contributed by atoms with E-state index in [1.165, 1.54) is 64.2 Å². The van der Waals surface area contributed by atoms with E-state index in [2.05, 4.69) is 6.92 Å². The molecule has 0 heterocycles. The van der Waals surface area contributed by atoms with E-state index < -0.39 is 11.3 Å². The van der Waals surface area contributed by atoms with Crippen molar-refractivity contribution in [2.45, 2.75) is 95.8 Å². The van der Waals surface area contributed by atoms with Crippen molar-refractivity contribution in [2.24, 2.45) is 0 Å². The summed E-state index contributed by atoms with van der Waals surface area (Å²) in [7, 11) is 0. The van der Waals surface area contributed by atoms with E-state index in [-0.39, 0.29) is 0 Å². The van der Waals surface area contributed by atoms with Gasteiger partial charge in [-0.05, 0) is 6.42 Å². The van der Waals surface area contributed by atoms with Crippen LogP contribution in [0, 0.1) is 0 Å². The third-order valence-corrected chi connectivity index (χ3v) is 3.98. The molecular formula is C16H31ClO2. The molecule has 0 rings (SSSR count). The van der Waals surface area contributed by atoms with Crippen LogP contribution in [0.2, 0.25) is 0 Å². The summed E-state index contributed by atoms with van der Waals surface area (Å²) >= 11 is 5.65. The fraction of sp³-hybridized carbons (Fsp3) is 0.938. The summed E-state index contributed by atoms with van der Waals surface area (Å²) in [4.78, 5) is 10.5. The van der Waals surface area contributed by atoms with Gasteiger partial charge in [0.05, 0.1) is 0 Å². The molecule has 0 aromatic heterocycles. The highest BCUT2D eigenvalue weighted by molar-refractivity contribution is 6.29. The topological polar surface area (TPSA) is 37.3 Å². The van der Waals surface area contributed by atoms with Crippen LogP contribution in [0.3, 0.4) is 0 Å². The van der Waals surface area contributed by atoms with Crippen molar-refractivity contribution in [1.29, 1.82) is 0 Å². The number of hydrogen-bond donors (Lipinski definition) is 1. The summed E-state index contributed by atoms with van der Waals surface area (Å²) in [5.74, 6) is -0.885. The SMILES string of the molecule is CCCCCCCCCCCCCCC(Cl)C(=O)O. The van der Waals surface area contributed by atoms with Crippen molar-refractivity contribution in [3.8, 4) is 0 Å². The summed E-state index contributed by atoms with van der Waals surface area (Å²) in [5, 5.41) is 7.94. The number of carboxylic acid groups (broad SMARTS) is 1. The van der Waals surface area contributed by atoms with Crippen molar-refractivity contribution < 1.29 is 9.90 Å². The Morgan fingerprint density at radius 1 is 0.842 bits per heavy atom. The van der Waals surface area contributed by atoms with Crippen LogP contribution in [-0.2, 0) is 4.79 Å². The van der Waals surface area contributed by atoms with Gasteiger partial charge in [-0.2, -0.15) is 0 Å². The molecule has 19 heavy (non-hydrogen) atoms. The lowest BCUT2D eigenvalue weighted by atomic mass is 10.0. The van der Waals surface area contributed by atoms with E-state index in [1.54, 1.807) is 0 Å². The number of aliphatic carboxylic acids is 1. The third-order valence-electron chi connectivity index (χ3n) is 3.58. The minimum absolute atomic E-state index is 0.605. The molecule has 0 spiro atoms. The zero-order chi connectivity index (χ0) is 14.3. The molecule has 3 heteroatoms. The van der Waals surface area contributed by atoms with Crippen molar-refractivity contribution >= 4 is 17.6 Å². The molecule has 2 nitrogen and oxygen atoms in total. The van der Waals surface area contributed by atoms with Crippen LogP contribution in [-0.4, -0.2) is 16.5 Å². The Kier molecular flexibility index (Phi) is 14.0. The monoisotopic (exact) mass is 290 g/mol. The largest absolute Gasteiger partial charge is 0.480 e. The number of rotatable bonds is 14. The Morgan fingerprint density at radius 3 is 1.58 bits per heavy atom. The van der Waals surface area contributed by atoms with Crippen LogP contribution in [0.25, 0.3) is 0 Å². The second-order valence-electron chi connectivity index (χ2n) is 5.48. The fourth-order valence-electron chi connectivity index (χ4n) is 2.29. The molecule has 1 N–H and O–H groups in total. The first kappa shape index (κ1) is 18.8. The number of carbonyl (C=O) groups is 1. The maximum absolute atomic E-state index is 10.5. The first-order valence-corrected chi connectivity index (χ1v) is 8.49. The van der Waals surface area contributed by atoms with Gasteiger partial charge in [0.1, 0.15) is 5.38 Å². The van der Waals surface area contributed by atoms with Gasteiger partial charge in [-0.25, -0.2) is 0 Å².